The fourth-order valence-electron chi connectivity index (χ4n) is 4.91. The number of rotatable bonds is 5. The molecule has 8 nitrogen and oxygen atoms in total. The average Bonchev–Trinajstić information content (AvgIpc) is 3.33. The molecule has 3 aliphatic rings. The molecule has 1 unspecified atom stereocenters. The van der Waals surface area contributed by atoms with E-state index in [1.54, 1.807) is 18.2 Å². The number of piperidine rings is 1. The Hall–Kier alpha value is -3.07. The highest BCUT2D eigenvalue weighted by Crippen LogP contribution is 2.35. The zero-order valence-corrected chi connectivity index (χ0v) is 20.2. The zero-order valence-electron chi connectivity index (χ0n) is 19.4. The number of carbonyl (C=O) groups excluding carboxylic acids is 1. The monoisotopic (exact) mass is 483 g/mol. The van der Waals surface area contributed by atoms with E-state index in [0.29, 0.717) is 50.5 Å². The van der Waals surface area contributed by atoms with Gasteiger partial charge in [0.2, 0.25) is 5.91 Å². The van der Waals surface area contributed by atoms with Crippen LogP contribution in [0, 0.1) is 5.92 Å². The van der Waals surface area contributed by atoms with Crippen molar-refractivity contribution >= 4 is 21.8 Å². The van der Waals surface area contributed by atoms with Gasteiger partial charge < -0.3 is 19.7 Å². The van der Waals surface area contributed by atoms with E-state index in [2.05, 4.69) is 9.71 Å². The molecular formula is C25H29N3O5S. The molecule has 3 aliphatic heterocycles. The standard InChI is InChI=1S/C25H29N3O5S/c1-3-32-21-13-18-12-16(2)33-22(18)14-19(21)15-26-25(29)17-8-10-28(11-9-17)24-20-6-4-5-7-23(20)34(30,31)27-24/h4-7,13-14,16-17H,3,8-12,15H2,1-2H3,(H,26,29). The molecule has 1 fully saturated rings. The summed E-state index contributed by atoms with van der Waals surface area (Å²) in [6.45, 7) is 6.07. The van der Waals surface area contributed by atoms with Crippen molar-refractivity contribution in [2.45, 2.75) is 50.7 Å². The van der Waals surface area contributed by atoms with Crippen molar-refractivity contribution in [3.05, 3.63) is 53.1 Å². The van der Waals surface area contributed by atoms with Gasteiger partial charge in [-0.05, 0) is 51.0 Å². The summed E-state index contributed by atoms with van der Waals surface area (Å²) in [6.07, 6.45) is 2.27. The number of hydrogen-bond donors (Lipinski definition) is 1. The van der Waals surface area contributed by atoms with Crippen LogP contribution in [0.4, 0.5) is 0 Å². The van der Waals surface area contributed by atoms with Crippen LogP contribution in [0.5, 0.6) is 11.5 Å². The number of carbonyl (C=O) groups is 1. The van der Waals surface area contributed by atoms with E-state index in [0.717, 1.165) is 29.0 Å². The second kappa shape index (κ2) is 8.94. The van der Waals surface area contributed by atoms with E-state index in [9.17, 15) is 13.2 Å². The van der Waals surface area contributed by atoms with Gasteiger partial charge in [-0.1, -0.05) is 12.1 Å². The molecule has 34 heavy (non-hydrogen) atoms. The van der Waals surface area contributed by atoms with E-state index < -0.39 is 10.0 Å². The molecule has 9 heteroatoms. The fourth-order valence-corrected chi connectivity index (χ4v) is 6.13. The second-order valence-electron chi connectivity index (χ2n) is 9.00. The number of likely N-dealkylation sites (tertiary alicyclic amines) is 1. The zero-order chi connectivity index (χ0) is 23.9. The van der Waals surface area contributed by atoms with Crippen LogP contribution >= 0.6 is 0 Å². The van der Waals surface area contributed by atoms with Gasteiger partial charge in [0.15, 0.2) is 5.84 Å². The lowest BCUT2D eigenvalue weighted by molar-refractivity contribution is -0.126. The molecule has 1 atom stereocenters. The number of fused-ring (bicyclic) bond motifs is 2. The molecular weight excluding hydrogens is 454 g/mol. The van der Waals surface area contributed by atoms with E-state index in [1.165, 1.54) is 0 Å². The number of sulfonamides is 1. The van der Waals surface area contributed by atoms with E-state index >= 15 is 0 Å². The summed E-state index contributed by atoms with van der Waals surface area (Å²) >= 11 is 0. The maximum absolute atomic E-state index is 12.9. The Bertz CT molecular complexity index is 1250. The molecule has 180 valence electrons. The predicted octanol–water partition coefficient (Wildman–Crippen LogP) is 2.89. The van der Waals surface area contributed by atoms with Gasteiger partial charge in [0.1, 0.15) is 22.5 Å². The number of benzene rings is 2. The summed E-state index contributed by atoms with van der Waals surface area (Å²) in [6, 6.07) is 10.9. The molecule has 2 aromatic rings. The molecule has 0 radical (unpaired) electrons. The largest absolute Gasteiger partial charge is 0.494 e. The van der Waals surface area contributed by atoms with E-state index in [4.69, 9.17) is 9.47 Å². The Morgan fingerprint density at radius 2 is 2.00 bits per heavy atom. The summed E-state index contributed by atoms with van der Waals surface area (Å²) < 4.78 is 40.4. The highest BCUT2D eigenvalue weighted by molar-refractivity contribution is 7.90. The summed E-state index contributed by atoms with van der Waals surface area (Å²) in [5, 5.41) is 3.06. The van der Waals surface area contributed by atoms with Crippen LogP contribution in [-0.2, 0) is 27.8 Å². The van der Waals surface area contributed by atoms with Crippen molar-refractivity contribution in [3.8, 4) is 11.5 Å². The van der Waals surface area contributed by atoms with Crippen molar-refractivity contribution in [1.29, 1.82) is 0 Å². The smallest absolute Gasteiger partial charge is 0.285 e. The Kier molecular flexibility index (Phi) is 5.97. The Labute approximate surface area is 200 Å². The minimum Gasteiger partial charge on any atom is -0.494 e. The molecule has 5 rings (SSSR count). The fraction of sp³-hybridized carbons (Fsp3) is 0.440. The lowest BCUT2D eigenvalue weighted by atomic mass is 9.95. The molecule has 1 amide bonds. The van der Waals surface area contributed by atoms with E-state index in [-0.39, 0.29) is 22.8 Å². The van der Waals surface area contributed by atoms with Crippen LogP contribution in [0.15, 0.2) is 45.7 Å². The molecule has 3 heterocycles. The first-order valence-corrected chi connectivity index (χ1v) is 13.2. The average molecular weight is 484 g/mol. The van der Waals surface area contributed by atoms with Gasteiger partial charge in [0, 0.05) is 48.7 Å². The summed E-state index contributed by atoms with van der Waals surface area (Å²) in [4.78, 5) is 15.2. The van der Waals surface area contributed by atoms with Crippen LogP contribution < -0.4 is 14.8 Å². The van der Waals surface area contributed by atoms with Gasteiger partial charge in [0.05, 0.1) is 6.61 Å². The molecule has 1 N–H and O–H groups in total. The lowest BCUT2D eigenvalue weighted by Crippen LogP contribution is -2.42. The number of ether oxygens (including phenoxy) is 2. The van der Waals surface area contributed by atoms with Gasteiger partial charge in [-0.15, -0.1) is 4.40 Å². The Morgan fingerprint density at radius 3 is 2.76 bits per heavy atom. The topological polar surface area (TPSA) is 97.3 Å². The first kappa shape index (κ1) is 22.7. The minimum atomic E-state index is -3.65. The van der Waals surface area contributed by atoms with Crippen molar-refractivity contribution in [3.63, 3.8) is 0 Å². The SMILES string of the molecule is CCOc1cc2c(cc1CNC(=O)C1CCN(C3=NS(=O)(=O)c4ccccc43)CC1)OC(C)C2. The predicted molar refractivity (Wildman–Crippen MR) is 128 cm³/mol. The molecule has 0 saturated carbocycles. The summed E-state index contributed by atoms with van der Waals surface area (Å²) in [5.41, 5.74) is 2.68. The molecule has 0 bridgehead atoms. The first-order chi connectivity index (χ1) is 16.4. The van der Waals surface area contributed by atoms with Crippen LogP contribution in [-0.4, -0.2) is 50.9 Å². The lowest BCUT2D eigenvalue weighted by Gasteiger charge is -2.32. The number of amides is 1. The highest BCUT2D eigenvalue weighted by atomic mass is 32.2. The number of amidine groups is 1. The third-order valence-electron chi connectivity index (χ3n) is 6.61. The number of hydrogen-bond acceptors (Lipinski definition) is 6. The molecule has 0 spiro atoms. The van der Waals surface area contributed by atoms with Crippen LogP contribution in [0.25, 0.3) is 0 Å². The maximum Gasteiger partial charge on any atom is 0.285 e. The summed E-state index contributed by atoms with van der Waals surface area (Å²) in [5.74, 6) is 2.00. The van der Waals surface area contributed by atoms with Crippen LogP contribution in [0.1, 0.15) is 43.4 Å². The summed E-state index contributed by atoms with van der Waals surface area (Å²) in [7, 11) is -3.65. The first-order valence-electron chi connectivity index (χ1n) is 11.8. The highest BCUT2D eigenvalue weighted by Gasteiger charge is 2.34. The molecule has 1 saturated heterocycles. The van der Waals surface area contributed by atoms with Crippen LogP contribution in [0.3, 0.4) is 0 Å². The van der Waals surface area contributed by atoms with Gasteiger partial charge in [0.25, 0.3) is 10.0 Å². The normalized spacial score (nSPS) is 20.8. The quantitative estimate of drug-likeness (QED) is 0.703. The molecule has 2 aromatic carbocycles. The third-order valence-corrected chi connectivity index (χ3v) is 7.93. The minimum absolute atomic E-state index is 0.00161. The van der Waals surface area contributed by atoms with Gasteiger partial charge >= 0.3 is 0 Å². The number of nitrogens with one attached hydrogen (secondary N) is 1. The van der Waals surface area contributed by atoms with Crippen molar-refractivity contribution in [2.24, 2.45) is 10.3 Å². The molecule has 0 aromatic heterocycles. The van der Waals surface area contributed by atoms with Gasteiger partial charge in [-0.25, -0.2) is 0 Å². The van der Waals surface area contributed by atoms with E-state index in [1.807, 2.05) is 36.9 Å². The van der Waals surface area contributed by atoms with Crippen molar-refractivity contribution in [1.82, 2.24) is 10.2 Å². The maximum atomic E-state index is 12.9. The Balaban J connectivity index is 1.21. The van der Waals surface area contributed by atoms with Gasteiger partial charge in [-0.2, -0.15) is 8.42 Å². The second-order valence-corrected chi connectivity index (χ2v) is 10.6. The number of nitrogens with zero attached hydrogens (tertiary/aromatic N) is 2. The van der Waals surface area contributed by atoms with Gasteiger partial charge in [-0.3, -0.25) is 4.79 Å². The van der Waals surface area contributed by atoms with Crippen LogP contribution in [0.2, 0.25) is 0 Å². The molecule has 0 aliphatic carbocycles. The van der Waals surface area contributed by atoms with Crippen molar-refractivity contribution < 1.29 is 22.7 Å². The van der Waals surface area contributed by atoms with Crippen molar-refractivity contribution in [2.75, 3.05) is 19.7 Å². The Morgan fingerprint density at radius 1 is 1.24 bits per heavy atom. The third kappa shape index (κ3) is 4.24.